The van der Waals surface area contributed by atoms with E-state index in [4.69, 9.17) is 20.9 Å². The van der Waals surface area contributed by atoms with Crippen LogP contribution in [0.3, 0.4) is 0 Å². The number of nitrogens with two attached hydrogens (primary N) is 2. The van der Waals surface area contributed by atoms with Gasteiger partial charge in [0, 0.05) is 0 Å². The van der Waals surface area contributed by atoms with Crippen LogP contribution < -0.4 is 16.2 Å². The first kappa shape index (κ1) is 18.5. The molecule has 1 atom stereocenters. The summed E-state index contributed by atoms with van der Waals surface area (Å²) >= 11 is 0. The van der Waals surface area contributed by atoms with Gasteiger partial charge in [0.2, 0.25) is 0 Å². The van der Waals surface area contributed by atoms with Crippen LogP contribution in [0.25, 0.3) is 0 Å². The lowest BCUT2D eigenvalue weighted by atomic mass is 10.1. The fourth-order valence-electron chi connectivity index (χ4n) is 1.92. The van der Waals surface area contributed by atoms with E-state index < -0.39 is 18.0 Å². The minimum absolute atomic E-state index is 0.128. The Hall–Kier alpha value is -2.57. The van der Waals surface area contributed by atoms with Crippen molar-refractivity contribution in [2.45, 2.75) is 39.2 Å². The van der Waals surface area contributed by atoms with Crippen molar-refractivity contribution in [1.29, 1.82) is 0 Å². The van der Waals surface area contributed by atoms with Crippen molar-refractivity contribution in [2.75, 3.05) is 6.61 Å². The van der Waals surface area contributed by atoms with Crippen molar-refractivity contribution in [3.05, 3.63) is 29.8 Å². The highest BCUT2D eigenvalue weighted by atomic mass is 16.5. The van der Waals surface area contributed by atoms with Crippen LogP contribution in [-0.2, 0) is 9.53 Å². The molecule has 1 aromatic carbocycles. The molecular formula is C16H23N3O4. The molecule has 0 aliphatic carbocycles. The summed E-state index contributed by atoms with van der Waals surface area (Å²) in [6.07, 6.45) is 2.13. The van der Waals surface area contributed by atoms with E-state index in [1.54, 1.807) is 19.1 Å². The van der Waals surface area contributed by atoms with Gasteiger partial charge < -0.3 is 20.9 Å². The Labute approximate surface area is 135 Å². The van der Waals surface area contributed by atoms with Crippen molar-refractivity contribution < 1.29 is 19.1 Å². The van der Waals surface area contributed by atoms with Crippen molar-refractivity contribution in [3.63, 3.8) is 0 Å². The van der Waals surface area contributed by atoms with Crippen LogP contribution in [0.1, 0.15) is 43.5 Å². The molecule has 7 nitrogen and oxygen atoms in total. The van der Waals surface area contributed by atoms with E-state index in [1.807, 2.05) is 6.92 Å². The summed E-state index contributed by atoms with van der Waals surface area (Å²) in [6.45, 7) is 3.92. The molecule has 0 aromatic heterocycles. The molecule has 7 heteroatoms. The van der Waals surface area contributed by atoms with E-state index in [2.05, 4.69) is 4.99 Å². The van der Waals surface area contributed by atoms with Crippen LogP contribution in [0.2, 0.25) is 0 Å². The Bertz CT molecular complexity index is 568. The zero-order valence-corrected chi connectivity index (χ0v) is 13.5. The number of nitrogens with zero attached hydrogens (tertiary/aromatic N) is 1. The summed E-state index contributed by atoms with van der Waals surface area (Å²) in [7, 11) is 0. The van der Waals surface area contributed by atoms with Gasteiger partial charge in [0.05, 0.1) is 6.61 Å². The number of ether oxygens (including phenoxy) is 2. The van der Waals surface area contributed by atoms with Gasteiger partial charge in [-0.05, 0) is 25.5 Å². The lowest BCUT2D eigenvalue weighted by Crippen LogP contribution is -2.31. The van der Waals surface area contributed by atoms with Crippen LogP contribution in [0, 0.1) is 0 Å². The summed E-state index contributed by atoms with van der Waals surface area (Å²) in [5.41, 5.74) is 10.9. The lowest BCUT2D eigenvalue weighted by Gasteiger charge is -2.14. The Morgan fingerprint density at radius 1 is 1.22 bits per heavy atom. The van der Waals surface area contributed by atoms with Crippen molar-refractivity contribution >= 4 is 17.9 Å². The quantitative estimate of drug-likeness (QED) is 0.325. The van der Waals surface area contributed by atoms with E-state index in [0.29, 0.717) is 6.42 Å². The van der Waals surface area contributed by atoms with Gasteiger partial charge in [-0.2, -0.15) is 0 Å². The van der Waals surface area contributed by atoms with Gasteiger partial charge in [0.25, 0.3) is 0 Å². The monoisotopic (exact) mass is 321 g/mol. The van der Waals surface area contributed by atoms with Crippen LogP contribution in [-0.4, -0.2) is 30.5 Å². The first-order chi connectivity index (χ1) is 11.0. The predicted octanol–water partition coefficient (Wildman–Crippen LogP) is 1.60. The number of unbranched alkanes of at least 4 members (excludes halogenated alkanes) is 1. The zero-order chi connectivity index (χ0) is 17.2. The Morgan fingerprint density at radius 2 is 1.91 bits per heavy atom. The third kappa shape index (κ3) is 5.98. The molecule has 126 valence electrons. The number of benzene rings is 1. The second-order valence-electron chi connectivity index (χ2n) is 4.85. The molecule has 0 aliphatic heterocycles. The molecule has 0 aliphatic rings. The number of esters is 2. The minimum Gasteiger partial charge on any atom is -0.462 e. The number of hydrogen-bond donors (Lipinski definition) is 2. The standard InChI is InChI=1S/C16H23N3O4/c1-3-5-9-12(19-16(17)18)15(21)23-13-10-7-6-8-11(13)14(20)22-4-2/h6-8,10,12H,3-5,9H2,1-2H3,(H4,17,18,19). The van der Waals surface area contributed by atoms with Crippen molar-refractivity contribution in [1.82, 2.24) is 0 Å². The average molecular weight is 321 g/mol. The van der Waals surface area contributed by atoms with Crippen LogP contribution >= 0.6 is 0 Å². The molecule has 0 heterocycles. The van der Waals surface area contributed by atoms with E-state index in [9.17, 15) is 9.59 Å². The van der Waals surface area contributed by atoms with Gasteiger partial charge in [0.15, 0.2) is 12.0 Å². The molecule has 1 aromatic rings. The Kier molecular flexibility index (Phi) is 7.59. The molecular weight excluding hydrogens is 298 g/mol. The van der Waals surface area contributed by atoms with E-state index in [0.717, 1.165) is 12.8 Å². The Balaban J connectivity index is 2.94. The molecule has 1 unspecified atom stereocenters. The van der Waals surface area contributed by atoms with Gasteiger partial charge in [0.1, 0.15) is 11.3 Å². The summed E-state index contributed by atoms with van der Waals surface area (Å²) in [4.78, 5) is 28.1. The number of hydrogen-bond acceptors (Lipinski definition) is 5. The normalized spacial score (nSPS) is 11.4. The maximum atomic E-state index is 12.3. The summed E-state index contributed by atoms with van der Waals surface area (Å²) in [5, 5.41) is 0. The fourth-order valence-corrected chi connectivity index (χ4v) is 1.92. The van der Waals surface area contributed by atoms with E-state index in [-0.39, 0.29) is 23.9 Å². The van der Waals surface area contributed by atoms with Crippen LogP contribution in [0.15, 0.2) is 29.3 Å². The lowest BCUT2D eigenvalue weighted by molar-refractivity contribution is -0.135. The zero-order valence-electron chi connectivity index (χ0n) is 13.5. The fraction of sp³-hybridized carbons (Fsp3) is 0.438. The second kappa shape index (κ2) is 9.45. The van der Waals surface area contributed by atoms with Gasteiger partial charge in [-0.3, -0.25) is 0 Å². The second-order valence-corrected chi connectivity index (χ2v) is 4.85. The third-order valence-electron chi connectivity index (χ3n) is 3.00. The first-order valence-corrected chi connectivity index (χ1v) is 7.56. The van der Waals surface area contributed by atoms with Crippen molar-refractivity contribution in [2.24, 2.45) is 16.5 Å². The molecule has 0 saturated heterocycles. The molecule has 1 rings (SSSR count). The van der Waals surface area contributed by atoms with Gasteiger partial charge in [-0.1, -0.05) is 31.9 Å². The first-order valence-electron chi connectivity index (χ1n) is 7.56. The third-order valence-corrected chi connectivity index (χ3v) is 3.00. The van der Waals surface area contributed by atoms with Gasteiger partial charge in [-0.25, -0.2) is 14.6 Å². The smallest absolute Gasteiger partial charge is 0.341 e. The van der Waals surface area contributed by atoms with E-state index >= 15 is 0 Å². The number of aliphatic imine (C=N–C) groups is 1. The molecule has 0 bridgehead atoms. The number of rotatable bonds is 8. The summed E-state index contributed by atoms with van der Waals surface area (Å²) < 4.78 is 10.3. The average Bonchev–Trinajstić information content (AvgIpc) is 2.51. The highest BCUT2D eigenvalue weighted by molar-refractivity contribution is 5.94. The molecule has 4 N–H and O–H groups in total. The number of carbonyl (C=O) groups excluding carboxylic acids is 2. The highest BCUT2D eigenvalue weighted by Crippen LogP contribution is 2.20. The number of guanidine groups is 1. The minimum atomic E-state index is -0.796. The van der Waals surface area contributed by atoms with Crippen LogP contribution in [0.5, 0.6) is 5.75 Å². The van der Waals surface area contributed by atoms with Gasteiger partial charge >= 0.3 is 11.9 Å². The SMILES string of the molecule is CCCCC(N=C(N)N)C(=O)Oc1ccccc1C(=O)OCC. The summed E-state index contributed by atoms with van der Waals surface area (Å²) in [5.74, 6) is -1.21. The van der Waals surface area contributed by atoms with E-state index in [1.165, 1.54) is 12.1 Å². The molecule has 0 saturated carbocycles. The molecule has 0 amide bonds. The van der Waals surface area contributed by atoms with Gasteiger partial charge in [-0.15, -0.1) is 0 Å². The predicted molar refractivity (Wildman–Crippen MR) is 87.2 cm³/mol. The largest absolute Gasteiger partial charge is 0.462 e. The highest BCUT2D eigenvalue weighted by Gasteiger charge is 2.22. The molecule has 0 spiro atoms. The molecule has 0 radical (unpaired) electrons. The van der Waals surface area contributed by atoms with Crippen LogP contribution in [0.4, 0.5) is 0 Å². The Morgan fingerprint density at radius 3 is 2.52 bits per heavy atom. The maximum absolute atomic E-state index is 12.3. The summed E-state index contributed by atoms with van der Waals surface area (Å²) in [6, 6.07) is 5.58. The number of para-hydroxylation sites is 1. The van der Waals surface area contributed by atoms with Crippen molar-refractivity contribution in [3.8, 4) is 5.75 Å². The molecule has 0 fully saturated rings. The maximum Gasteiger partial charge on any atom is 0.341 e. The molecule has 23 heavy (non-hydrogen) atoms. The topological polar surface area (TPSA) is 117 Å². The number of carbonyl (C=O) groups is 2.